The molecule has 1 fully saturated rings. The number of rotatable bonds is 4. The quantitative estimate of drug-likeness (QED) is 0.345. The number of carbonyl (C=O) groups is 1. The number of fused-ring (bicyclic) bond motifs is 1. The summed E-state index contributed by atoms with van der Waals surface area (Å²) in [4.78, 5) is 19.5. The number of oxazole rings is 1. The van der Waals surface area contributed by atoms with Gasteiger partial charge in [0.15, 0.2) is 5.58 Å². The molecule has 0 bridgehead atoms. The molecule has 0 saturated carbocycles. The normalized spacial score (nSPS) is 16.2. The van der Waals surface area contributed by atoms with Gasteiger partial charge < -0.3 is 14.1 Å². The molecule has 2 heterocycles. The van der Waals surface area contributed by atoms with Crippen LogP contribution in [-0.2, 0) is 6.18 Å². The Morgan fingerprint density at radius 1 is 1.09 bits per heavy atom. The van der Waals surface area contributed by atoms with Gasteiger partial charge in [-0.05, 0) is 60.4 Å². The van der Waals surface area contributed by atoms with Gasteiger partial charge in [-0.3, -0.25) is 4.79 Å². The smallest absolute Gasteiger partial charge is 0.417 e. The van der Waals surface area contributed by atoms with Crippen LogP contribution in [0.25, 0.3) is 22.2 Å². The van der Waals surface area contributed by atoms with Crippen LogP contribution in [0.5, 0.6) is 5.75 Å². The van der Waals surface area contributed by atoms with Gasteiger partial charge in [0, 0.05) is 12.1 Å². The molecule has 0 radical (unpaired) electrons. The number of carbonyl (C=O) groups excluding carboxylic acids is 1. The van der Waals surface area contributed by atoms with E-state index in [4.69, 9.17) is 9.15 Å². The second-order valence-corrected chi connectivity index (χ2v) is 8.17. The summed E-state index contributed by atoms with van der Waals surface area (Å²) in [7, 11) is 1.54. The van der Waals surface area contributed by atoms with Crippen LogP contribution in [0.3, 0.4) is 0 Å². The highest BCUT2D eigenvalue weighted by molar-refractivity contribution is 5.95. The maximum absolute atomic E-state index is 13.5. The molecular formula is C26H21F3N2O3. The fourth-order valence-corrected chi connectivity index (χ4v) is 4.43. The Labute approximate surface area is 193 Å². The van der Waals surface area contributed by atoms with Crippen molar-refractivity contribution in [1.82, 2.24) is 9.88 Å². The van der Waals surface area contributed by atoms with E-state index in [1.807, 2.05) is 0 Å². The Bertz CT molecular complexity index is 1360. The topological polar surface area (TPSA) is 55.6 Å². The summed E-state index contributed by atoms with van der Waals surface area (Å²) in [6, 6.07) is 16.9. The van der Waals surface area contributed by atoms with Gasteiger partial charge in [0.25, 0.3) is 5.91 Å². The zero-order chi connectivity index (χ0) is 23.9. The fraction of sp³-hybridized carbons (Fsp3) is 0.231. The summed E-state index contributed by atoms with van der Waals surface area (Å²) >= 11 is 0. The van der Waals surface area contributed by atoms with E-state index in [9.17, 15) is 18.0 Å². The Morgan fingerprint density at radius 3 is 2.71 bits per heavy atom. The Hall–Kier alpha value is -3.81. The SMILES string of the molecule is COc1cccc(C(=O)N2CCCC2c2nc3cc(-c4ccccc4C(F)(F)F)ccc3o2)c1. The first-order chi connectivity index (χ1) is 16.3. The second-order valence-electron chi connectivity index (χ2n) is 8.17. The van der Waals surface area contributed by atoms with Crippen molar-refractivity contribution in [3.8, 4) is 16.9 Å². The zero-order valence-electron chi connectivity index (χ0n) is 18.3. The van der Waals surface area contributed by atoms with Gasteiger partial charge in [0.2, 0.25) is 5.89 Å². The lowest BCUT2D eigenvalue weighted by atomic mass is 9.99. The van der Waals surface area contributed by atoms with Gasteiger partial charge in [-0.2, -0.15) is 13.2 Å². The number of hydrogen-bond acceptors (Lipinski definition) is 4. The molecule has 1 saturated heterocycles. The third kappa shape index (κ3) is 4.00. The highest BCUT2D eigenvalue weighted by Gasteiger charge is 2.35. The van der Waals surface area contributed by atoms with E-state index in [1.54, 1.807) is 60.5 Å². The molecule has 5 nitrogen and oxygen atoms in total. The van der Waals surface area contributed by atoms with E-state index in [0.29, 0.717) is 46.8 Å². The molecule has 1 amide bonds. The number of benzene rings is 3. The number of methoxy groups -OCH3 is 1. The molecule has 1 aromatic heterocycles. The Kier molecular flexibility index (Phi) is 5.51. The van der Waals surface area contributed by atoms with Crippen molar-refractivity contribution in [3.05, 3.63) is 83.7 Å². The maximum Gasteiger partial charge on any atom is 0.417 e. The third-order valence-electron chi connectivity index (χ3n) is 6.06. The van der Waals surface area contributed by atoms with Crippen LogP contribution in [0.2, 0.25) is 0 Å². The largest absolute Gasteiger partial charge is 0.497 e. The van der Waals surface area contributed by atoms with E-state index >= 15 is 0 Å². The lowest BCUT2D eigenvalue weighted by molar-refractivity contribution is -0.137. The number of halogens is 3. The van der Waals surface area contributed by atoms with Gasteiger partial charge in [-0.15, -0.1) is 0 Å². The third-order valence-corrected chi connectivity index (χ3v) is 6.06. The van der Waals surface area contributed by atoms with Crippen LogP contribution in [0, 0.1) is 0 Å². The van der Waals surface area contributed by atoms with E-state index in [1.165, 1.54) is 12.1 Å². The highest BCUT2D eigenvalue weighted by atomic mass is 19.4. The molecule has 1 unspecified atom stereocenters. The Balaban J connectivity index is 1.48. The first kappa shape index (κ1) is 22.0. The number of alkyl halides is 3. The van der Waals surface area contributed by atoms with E-state index < -0.39 is 11.7 Å². The van der Waals surface area contributed by atoms with Gasteiger partial charge in [-0.1, -0.05) is 30.3 Å². The molecule has 1 aliphatic heterocycles. The number of ether oxygens (including phenoxy) is 1. The Morgan fingerprint density at radius 2 is 1.91 bits per heavy atom. The van der Waals surface area contributed by atoms with Gasteiger partial charge >= 0.3 is 6.18 Å². The fourth-order valence-electron chi connectivity index (χ4n) is 4.43. The van der Waals surface area contributed by atoms with Crippen LogP contribution in [0.15, 0.2) is 71.1 Å². The molecule has 3 aromatic carbocycles. The molecule has 5 rings (SSSR count). The van der Waals surface area contributed by atoms with Crippen molar-refractivity contribution in [2.24, 2.45) is 0 Å². The minimum Gasteiger partial charge on any atom is -0.497 e. The lowest BCUT2D eigenvalue weighted by Crippen LogP contribution is -2.30. The average Bonchev–Trinajstić information content (AvgIpc) is 3.49. The number of amides is 1. The summed E-state index contributed by atoms with van der Waals surface area (Å²) in [6.07, 6.45) is -2.99. The summed E-state index contributed by atoms with van der Waals surface area (Å²) in [6.45, 7) is 0.559. The molecule has 1 atom stereocenters. The van der Waals surface area contributed by atoms with Crippen molar-refractivity contribution >= 4 is 17.0 Å². The molecule has 0 N–H and O–H groups in total. The number of nitrogens with zero attached hydrogens (tertiary/aromatic N) is 2. The van der Waals surface area contributed by atoms with Crippen LogP contribution >= 0.6 is 0 Å². The van der Waals surface area contributed by atoms with Crippen LogP contribution in [0.4, 0.5) is 13.2 Å². The van der Waals surface area contributed by atoms with Crippen molar-refractivity contribution in [1.29, 1.82) is 0 Å². The first-order valence-corrected chi connectivity index (χ1v) is 10.9. The molecule has 8 heteroatoms. The zero-order valence-corrected chi connectivity index (χ0v) is 18.3. The molecular weight excluding hydrogens is 445 g/mol. The second kappa shape index (κ2) is 8.52. The molecule has 1 aliphatic rings. The molecule has 34 heavy (non-hydrogen) atoms. The highest BCUT2D eigenvalue weighted by Crippen LogP contribution is 2.39. The van der Waals surface area contributed by atoms with E-state index in [0.717, 1.165) is 12.5 Å². The van der Waals surface area contributed by atoms with E-state index in [-0.39, 0.29) is 17.5 Å². The van der Waals surface area contributed by atoms with E-state index in [2.05, 4.69) is 4.98 Å². The van der Waals surface area contributed by atoms with Gasteiger partial charge in [0.1, 0.15) is 17.3 Å². The predicted molar refractivity (Wildman–Crippen MR) is 120 cm³/mol. The van der Waals surface area contributed by atoms with Crippen LogP contribution in [-0.4, -0.2) is 29.4 Å². The van der Waals surface area contributed by atoms with Crippen molar-refractivity contribution in [3.63, 3.8) is 0 Å². The molecule has 4 aromatic rings. The number of likely N-dealkylation sites (tertiary alicyclic amines) is 1. The van der Waals surface area contributed by atoms with Crippen molar-refractivity contribution < 1.29 is 27.1 Å². The van der Waals surface area contributed by atoms with Crippen molar-refractivity contribution in [2.75, 3.05) is 13.7 Å². The van der Waals surface area contributed by atoms with Crippen LogP contribution < -0.4 is 4.74 Å². The van der Waals surface area contributed by atoms with Crippen molar-refractivity contribution in [2.45, 2.75) is 25.1 Å². The molecule has 0 aliphatic carbocycles. The average molecular weight is 466 g/mol. The maximum atomic E-state index is 13.5. The number of aromatic nitrogens is 1. The lowest BCUT2D eigenvalue weighted by Gasteiger charge is -2.22. The minimum atomic E-state index is -4.47. The number of hydrogen-bond donors (Lipinski definition) is 0. The summed E-state index contributed by atoms with van der Waals surface area (Å²) < 4.78 is 51.6. The molecule has 174 valence electrons. The predicted octanol–water partition coefficient (Wildman–Crippen LogP) is 6.50. The summed E-state index contributed by atoms with van der Waals surface area (Å²) in [5, 5.41) is 0. The first-order valence-electron chi connectivity index (χ1n) is 10.9. The standard InChI is InChI=1S/C26H21F3N2O3/c1-33-18-7-4-6-17(14-18)25(32)31-13-5-10-22(31)24-30-21-15-16(11-12-23(21)34-24)19-8-2-3-9-20(19)26(27,28)29/h2-4,6-9,11-12,14-15,22H,5,10,13H2,1H3. The van der Waals surface area contributed by atoms with Gasteiger partial charge in [0.05, 0.1) is 12.7 Å². The summed E-state index contributed by atoms with van der Waals surface area (Å²) in [5.74, 6) is 0.823. The summed E-state index contributed by atoms with van der Waals surface area (Å²) in [5.41, 5.74) is 1.19. The molecule has 0 spiro atoms. The minimum absolute atomic E-state index is 0.0807. The van der Waals surface area contributed by atoms with Crippen LogP contribution in [0.1, 0.15) is 40.7 Å². The monoisotopic (exact) mass is 466 g/mol. The van der Waals surface area contributed by atoms with Gasteiger partial charge in [-0.25, -0.2) is 4.98 Å².